The van der Waals surface area contributed by atoms with Gasteiger partial charge >= 0.3 is 0 Å². The molecule has 7 heavy (non-hydrogen) atoms. The minimum absolute atomic E-state index is 0.171. The van der Waals surface area contributed by atoms with Gasteiger partial charge in [-0.1, -0.05) is 0 Å². The summed E-state index contributed by atoms with van der Waals surface area (Å²) < 4.78 is 11.6. The first kappa shape index (κ1) is 5.04. The summed E-state index contributed by atoms with van der Waals surface area (Å²) in [5.74, 6) is 0.194. The van der Waals surface area contributed by atoms with Crippen molar-refractivity contribution in [2.75, 3.05) is 6.67 Å². The molecule has 1 nitrogen and oxygen atoms in total. The van der Waals surface area contributed by atoms with Gasteiger partial charge in [-0.2, -0.15) is 0 Å². The highest BCUT2D eigenvalue weighted by molar-refractivity contribution is 4.82. The first-order valence-electron chi connectivity index (χ1n) is 2.66. The molecule has 0 amide bonds. The van der Waals surface area contributed by atoms with Crippen molar-refractivity contribution in [1.82, 2.24) is 0 Å². The number of rotatable bonds is 1. The summed E-state index contributed by atoms with van der Waals surface area (Å²) in [5.41, 5.74) is 5.39. The van der Waals surface area contributed by atoms with E-state index in [0.29, 0.717) is 0 Å². The Balaban J connectivity index is 2.16. The largest absolute Gasteiger partial charge is 0.327 e. The van der Waals surface area contributed by atoms with Crippen LogP contribution in [0.25, 0.3) is 0 Å². The Morgan fingerprint density at radius 2 is 2.29 bits per heavy atom. The third-order valence-corrected chi connectivity index (χ3v) is 1.67. The molecule has 0 heterocycles. The van der Waals surface area contributed by atoms with Crippen LogP contribution in [0.15, 0.2) is 0 Å². The Morgan fingerprint density at radius 3 is 2.29 bits per heavy atom. The quantitative estimate of drug-likeness (QED) is 0.519. The molecular formula is C5H10FN. The van der Waals surface area contributed by atoms with Crippen LogP contribution in [-0.4, -0.2) is 12.7 Å². The second-order valence-corrected chi connectivity index (χ2v) is 2.16. The highest BCUT2D eigenvalue weighted by atomic mass is 19.1. The molecule has 1 saturated carbocycles. The lowest BCUT2D eigenvalue weighted by atomic mass is 9.81. The van der Waals surface area contributed by atoms with E-state index in [9.17, 15) is 4.39 Å². The van der Waals surface area contributed by atoms with Crippen molar-refractivity contribution in [3.8, 4) is 0 Å². The highest BCUT2D eigenvalue weighted by Gasteiger charge is 2.26. The summed E-state index contributed by atoms with van der Waals surface area (Å²) >= 11 is 0. The smallest absolute Gasteiger partial charge is 0.0937 e. The molecule has 2 heteroatoms. The topological polar surface area (TPSA) is 26.0 Å². The van der Waals surface area contributed by atoms with E-state index in [0.717, 1.165) is 12.8 Å². The lowest BCUT2D eigenvalue weighted by Crippen LogP contribution is -2.40. The summed E-state index contributed by atoms with van der Waals surface area (Å²) in [6, 6.07) is 0.171. The van der Waals surface area contributed by atoms with Crippen molar-refractivity contribution in [3.63, 3.8) is 0 Å². The van der Waals surface area contributed by atoms with Crippen molar-refractivity contribution in [1.29, 1.82) is 0 Å². The van der Waals surface area contributed by atoms with Crippen molar-refractivity contribution in [2.24, 2.45) is 11.7 Å². The summed E-state index contributed by atoms with van der Waals surface area (Å²) in [6.07, 6.45) is 2.02. The minimum Gasteiger partial charge on any atom is -0.327 e. The molecule has 1 aliphatic carbocycles. The standard InChI is InChI=1S/C5H10FN/c6-3-4-1-2-5(4)7/h4-5H,1-3,7H2/t4-,5+/m0/s1. The van der Waals surface area contributed by atoms with Crippen LogP contribution in [-0.2, 0) is 0 Å². The van der Waals surface area contributed by atoms with Crippen molar-refractivity contribution in [3.05, 3.63) is 0 Å². The molecular weight excluding hydrogens is 93.1 g/mol. The van der Waals surface area contributed by atoms with Crippen molar-refractivity contribution < 1.29 is 4.39 Å². The number of nitrogens with two attached hydrogens (primary N) is 1. The van der Waals surface area contributed by atoms with Gasteiger partial charge in [-0.05, 0) is 12.8 Å². The van der Waals surface area contributed by atoms with Gasteiger partial charge in [-0.3, -0.25) is 4.39 Å². The average molecular weight is 103 g/mol. The van der Waals surface area contributed by atoms with Gasteiger partial charge in [0, 0.05) is 12.0 Å². The summed E-state index contributed by atoms with van der Waals surface area (Å²) in [7, 11) is 0. The molecule has 0 spiro atoms. The SMILES string of the molecule is N[C@@H]1CC[C@H]1CF. The molecule has 1 aliphatic rings. The molecule has 0 aromatic carbocycles. The Kier molecular flexibility index (Phi) is 1.28. The molecule has 0 radical (unpaired) electrons. The van der Waals surface area contributed by atoms with Crippen LogP contribution in [0.3, 0.4) is 0 Å². The molecule has 1 fully saturated rings. The first-order valence-corrected chi connectivity index (χ1v) is 2.66. The number of alkyl halides is 1. The van der Waals surface area contributed by atoms with Gasteiger partial charge in [-0.15, -0.1) is 0 Å². The molecule has 1 rings (SSSR count). The van der Waals surface area contributed by atoms with E-state index >= 15 is 0 Å². The molecule has 42 valence electrons. The fourth-order valence-electron chi connectivity index (χ4n) is 0.786. The lowest BCUT2D eigenvalue weighted by Gasteiger charge is -2.30. The van der Waals surface area contributed by atoms with E-state index in [1.54, 1.807) is 0 Å². The summed E-state index contributed by atoms with van der Waals surface area (Å²) in [5, 5.41) is 0. The molecule has 0 bridgehead atoms. The Labute approximate surface area is 42.7 Å². The van der Waals surface area contributed by atoms with Crippen molar-refractivity contribution >= 4 is 0 Å². The first-order chi connectivity index (χ1) is 3.34. The zero-order chi connectivity index (χ0) is 5.28. The van der Waals surface area contributed by atoms with Crippen LogP contribution in [0.2, 0.25) is 0 Å². The van der Waals surface area contributed by atoms with Gasteiger partial charge < -0.3 is 5.73 Å². The van der Waals surface area contributed by atoms with Crippen LogP contribution in [0.4, 0.5) is 4.39 Å². The molecule has 0 aliphatic heterocycles. The van der Waals surface area contributed by atoms with Crippen LogP contribution in [0, 0.1) is 5.92 Å². The molecule has 0 unspecified atom stereocenters. The van der Waals surface area contributed by atoms with E-state index in [-0.39, 0.29) is 18.6 Å². The van der Waals surface area contributed by atoms with Crippen LogP contribution in [0.1, 0.15) is 12.8 Å². The summed E-state index contributed by atoms with van der Waals surface area (Å²) in [4.78, 5) is 0. The Hall–Kier alpha value is -0.110. The zero-order valence-corrected chi connectivity index (χ0v) is 4.23. The molecule has 0 aromatic rings. The molecule has 2 atom stereocenters. The van der Waals surface area contributed by atoms with Gasteiger partial charge in [0.1, 0.15) is 0 Å². The van der Waals surface area contributed by atoms with Gasteiger partial charge in [0.05, 0.1) is 6.67 Å². The maximum atomic E-state index is 11.6. The highest BCUT2D eigenvalue weighted by Crippen LogP contribution is 2.25. The van der Waals surface area contributed by atoms with E-state index in [4.69, 9.17) is 5.73 Å². The average Bonchev–Trinajstić information content (AvgIpc) is 1.65. The monoisotopic (exact) mass is 103 g/mol. The maximum Gasteiger partial charge on any atom is 0.0937 e. The number of hydrogen-bond acceptors (Lipinski definition) is 1. The second-order valence-electron chi connectivity index (χ2n) is 2.16. The van der Waals surface area contributed by atoms with Gasteiger partial charge in [0.25, 0.3) is 0 Å². The predicted octanol–water partition coefficient (Wildman–Crippen LogP) is 0.693. The van der Waals surface area contributed by atoms with E-state index < -0.39 is 0 Å². The second kappa shape index (κ2) is 1.78. The third kappa shape index (κ3) is 0.752. The molecule has 0 saturated heterocycles. The van der Waals surface area contributed by atoms with Crippen LogP contribution < -0.4 is 5.73 Å². The van der Waals surface area contributed by atoms with E-state index in [1.807, 2.05) is 0 Å². The maximum absolute atomic E-state index is 11.6. The van der Waals surface area contributed by atoms with Gasteiger partial charge in [0.15, 0.2) is 0 Å². The van der Waals surface area contributed by atoms with Crippen molar-refractivity contribution in [2.45, 2.75) is 18.9 Å². The van der Waals surface area contributed by atoms with Gasteiger partial charge in [-0.25, -0.2) is 0 Å². The van der Waals surface area contributed by atoms with E-state index in [2.05, 4.69) is 0 Å². The van der Waals surface area contributed by atoms with Crippen LogP contribution >= 0.6 is 0 Å². The lowest BCUT2D eigenvalue weighted by molar-refractivity contribution is 0.202. The zero-order valence-electron chi connectivity index (χ0n) is 4.23. The third-order valence-electron chi connectivity index (χ3n) is 1.67. The Bertz CT molecular complexity index is 63.1. The fraction of sp³-hybridized carbons (Fsp3) is 1.00. The fourth-order valence-corrected chi connectivity index (χ4v) is 0.786. The van der Waals surface area contributed by atoms with Crippen LogP contribution in [0.5, 0.6) is 0 Å². The number of hydrogen-bond donors (Lipinski definition) is 1. The Morgan fingerprint density at radius 1 is 1.57 bits per heavy atom. The minimum atomic E-state index is -0.221. The van der Waals surface area contributed by atoms with E-state index in [1.165, 1.54) is 0 Å². The molecule has 2 N–H and O–H groups in total. The summed E-state index contributed by atoms with van der Waals surface area (Å²) in [6.45, 7) is -0.221. The number of halogens is 1. The van der Waals surface area contributed by atoms with Gasteiger partial charge in [0.2, 0.25) is 0 Å². The molecule has 0 aromatic heterocycles. The normalized spacial score (nSPS) is 40.3. The predicted molar refractivity (Wildman–Crippen MR) is 26.7 cm³/mol.